The largest absolute Gasteiger partial charge is 0.322 e. The number of hydrogen-bond donors (Lipinski definition) is 2. The van der Waals surface area contributed by atoms with Gasteiger partial charge in [0.15, 0.2) is 0 Å². The normalized spacial score (nSPS) is 12.0. The molecule has 0 spiro atoms. The van der Waals surface area contributed by atoms with Gasteiger partial charge in [0.2, 0.25) is 0 Å². The highest BCUT2D eigenvalue weighted by Gasteiger charge is 2.10. The summed E-state index contributed by atoms with van der Waals surface area (Å²) in [5.74, 6) is -0.0642. The molecular formula is C18H22N2O. The molecule has 0 bridgehead atoms. The lowest BCUT2D eigenvalue weighted by molar-refractivity contribution is 0.102. The number of anilines is 1. The first-order valence-electron chi connectivity index (χ1n) is 7.17. The fourth-order valence-corrected chi connectivity index (χ4v) is 2.20. The van der Waals surface area contributed by atoms with Gasteiger partial charge in [-0.2, -0.15) is 0 Å². The van der Waals surface area contributed by atoms with Crippen LogP contribution in [0, 0.1) is 13.8 Å². The summed E-state index contributed by atoms with van der Waals surface area (Å²) in [6.07, 6.45) is 0. The van der Waals surface area contributed by atoms with E-state index in [0.29, 0.717) is 6.04 Å². The van der Waals surface area contributed by atoms with Gasteiger partial charge in [-0.1, -0.05) is 29.8 Å². The fourth-order valence-electron chi connectivity index (χ4n) is 2.20. The Hall–Kier alpha value is -2.13. The highest BCUT2D eigenvalue weighted by atomic mass is 16.1. The fraction of sp³-hybridized carbons (Fsp3) is 0.278. The van der Waals surface area contributed by atoms with E-state index < -0.39 is 0 Å². The van der Waals surface area contributed by atoms with Gasteiger partial charge >= 0.3 is 0 Å². The maximum absolute atomic E-state index is 12.3. The Morgan fingerprint density at radius 3 is 2.33 bits per heavy atom. The van der Waals surface area contributed by atoms with Crippen LogP contribution < -0.4 is 10.6 Å². The maximum atomic E-state index is 12.3. The Labute approximate surface area is 126 Å². The van der Waals surface area contributed by atoms with Gasteiger partial charge in [-0.3, -0.25) is 4.79 Å². The van der Waals surface area contributed by atoms with Gasteiger partial charge in [-0.15, -0.1) is 0 Å². The van der Waals surface area contributed by atoms with Crippen LogP contribution in [0.4, 0.5) is 5.69 Å². The summed E-state index contributed by atoms with van der Waals surface area (Å²) in [6, 6.07) is 14.1. The SMILES string of the molecule is CNC(C)c1ccc(NC(=O)c2cc(C)ccc2C)cc1. The molecule has 2 aromatic carbocycles. The topological polar surface area (TPSA) is 41.1 Å². The van der Waals surface area contributed by atoms with E-state index in [9.17, 15) is 4.79 Å². The number of carbonyl (C=O) groups excluding carboxylic acids is 1. The predicted molar refractivity (Wildman–Crippen MR) is 87.8 cm³/mol. The van der Waals surface area contributed by atoms with Crippen molar-refractivity contribution in [3.8, 4) is 0 Å². The van der Waals surface area contributed by atoms with Crippen LogP contribution in [0.5, 0.6) is 0 Å². The summed E-state index contributed by atoms with van der Waals surface area (Å²) in [5, 5.41) is 6.14. The quantitative estimate of drug-likeness (QED) is 0.894. The average Bonchev–Trinajstić information content (AvgIpc) is 2.49. The lowest BCUT2D eigenvalue weighted by atomic mass is 10.0. The lowest BCUT2D eigenvalue weighted by Crippen LogP contribution is -2.14. The zero-order valence-corrected chi connectivity index (χ0v) is 13.0. The Morgan fingerprint density at radius 1 is 1.05 bits per heavy atom. The van der Waals surface area contributed by atoms with E-state index in [1.807, 2.05) is 63.4 Å². The zero-order chi connectivity index (χ0) is 15.4. The Morgan fingerprint density at radius 2 is 1.71 bits per heavy atom. The molecule has 2 aromatic rings. The summed E-state index contributed by atoms with van der Waals surface area (Å²) >= 11 is 0. The first-order chi connectivity index (χ1) is 10.0. The minimum atomic E-state index is -0.0642. The predicted octanol–water partition coefficient (Wildman–Crippen LogP) is 3.84. The van der Waals surface area contributed by atoms with Crippen LogP contribution in [0.2, 0.25) is 0 Å². The summed E-state index contributed by atoms with van der Waals surface area (Å²) < 4.78 is 0. The molecule has 3 nitrogen and oxygen atoms in total. The van der Waals surface area contributed by atoms with Crippen LogP contribution in [0.15, 0.2) is 42.5 Å². The van der Waals surface area contributed by atoms with Crippen LogP contribution in [-0.4, -0.2) is 13.0 Å². The zero-order valence-electron chi connectivity index (χ0n) is 13.0. The van der Waals surface area contributed by atoms with Crippen molar-refractivity contribution in [3.63, 3.8) is 0 Å². The third-order valence-electron chi connectivity index (χ3n) is 3.74. The molecule has 1 atom stereocenters. The van der Waals surface area contributed by atoms with Crippen molar-refractivity contribution in [1.82, 2.24) is 5.32 Å². The molecule has 1 amide bonds. The summed E-state index contributed by atoms with van der Waals surface area (Å²) in [7, 11) is 1.93. The number of carbonyl (C=O) groups is 1. The summed E-state index contributed by atoms with van der Waals surface area (Å²) in [5.41, 5.74) is 4.81. The van der Waals surface area contributed by atoms with Gasteiger partial charge in [0.25, 0.3) is 5.91 Å². The number of nitrogens with one attached hydrogen (secondary N) is 2. The molecule has 0 aliphatic carbocycles. The van der Waals surface area contributed by atoms with E-state index in [0.717, 1.165) is 22.4 Å². The van der Waals surface area contributed by atoms with Gasteiger partial charge in [-0.05, 0) is 57.1 Å². The number of rotatable bonds is 4. The summed E-state index contributed by atoms with van der Waals surface area (Å²) in [4.78, 5) is 12.3. The molecule has 3 heteroatoms. The maximum Gasteiger partial charge on any atom is 0.255 e. The van der Waals surface area contributed by atoms with Crippen LogP contribution in [0.3, 0.4) is 0 Å². The van der Waals surface area contributed by atoms with Crippen molar-refractivity contribution < 1.29 is 4.79 Å². The van der Waals surface area contributed by atoms with E-state index in [1.165, 1.54) is 5.56 Å². The number of aryl methyl sites for hydroxylation is 2. The molecule has 0 saturated heterocycles. The summed E-state index contributed by atoms with van der Waals surface area (Å²) in [6.45, 7) is 6.04. The molecule has 0 heterocycles. The van der Waals surface area contributed by atoms with E-state index in [1.54, 1.807) is 0 Å². The van der Waals surface area contributed by atoms with Crippen molar-refractivity contribution in [2.24, 2.45) is 0 Å². The first-order valence-corrected chi connectivity index (χ1v) is 7.17. The van der Waals surface area contributed by atoms with E-state index in [-0.39, 0.29) is 5.91 Å². The Balaban J connectivity index is 2.14. The van der Waals surface area contributed by atoms with Crippen molar-refractivity contribution in [1.29, 1.82) is 0 Å². The van der Waals surface area contributed by atoms with Crippen molar-refractivity contribution in [2.75, 3.05) is 12.4 Å². The van der Waals surface area contributed by atoms with Crippen LogP contribution in [0.25, 0.3) is 0 Å². The van der Waals surface area contributed by atoms with E-state index in [4.69, 9.17) is 0 Å². The van der Waals surface area contributed by atoms with Crippen molar-refractivity contribution in [3.05, 3.63) is 64.7 Å². The second kappa shape index (κ2) is 6.55. The molecule has 1 unspecified atom stereocenters. The van der Waals surface area contributed by atoms with Gasteiger partial charge in [0, 0.05) is 17.3 Å². The number of benzene rings is 2. The molecule has 2 N–H and O–H groups in total. The van der Waals surface area contributed by atoms with Crippen LogP contribution >= 0.6 is 0 Å². The minimum absolute atomic E-state index is 0.0642. The highest BCUT2D eigenvalue weighted by molar-refractivity contribution is 6.05. The highest BCUT2D eigenvalue weighted by Crippen LogP contribution is 2.17. The Kier molecular flexibility index (Phi) is 4.76. The lowest BCUT2D eigenvalue weighted by Gasteiger charge is -2.12. The average molecular weight is 282 g/mol. The monoisotopic (exact) mass is 282 g/mol. The van der Waals surface area contributed by atoms with Gasteiger partial charge in [0.1, 0.15) is 0 Å². The van der Waals surface area contributed by atoms with E-state index in [2.05, 4.69) is 17.6 Å². The van der Waals surface area contributed by atoms with Crippen LogP contribution in [-0.2, 0) is 0 Å². The van der Waals surface area contributed by atoms with Gasteiger partial charge in [0.05, 0.1) is 0 Å². The molecule has 0 aliphatic heterocycles. The molecular weight excluding hydrogens is 260 g/mol. The van der Waals surface area contributed by atoms with E-state index >= 15 is 0 Å². The molecule has 0 aromatic heterocycles. The smallest absolute Gasteiger partial charge is 0.255 e. The third kappa shape index (κ3) is 3.70. The molecule has 2 rings (SSSR count). The first kappa shape index (κ1) is 15.3. The van der Waals surface area contributed by atoms with Gasteiger partial charge < -0.3 is 10.6 Å². The standard InChI is InChI=1S/C18H22N2O/c1-12-5-6-13(2)17(11-12)18(21)20-16-9-7-15(8-10-16)14(3)19-4/h5-11,14,19H,1-4H3,(H,20,21). The van der Waals surface area contributed by atoms with Crippen LogP contribution in [0.1, 0.15) is 40.0 Å². The minimum Gasteiger partial charge on any atom is -0.322 e. The molecule has 0 radical (unpaired) electrons. The van der Waals surface area contributed by atoms with Crippen molar-refractivity contribution in [2.45, 2.75) is 26.8 Å². The number of amides is 1. The second-order valence-corrected chi connectivity index (χ2v) is 5.40. The number of hydrogen-bond acceptors (Lipinski definition) is 2. The molecule has 0 aliphatic rings. The van der Waals surface area contributed by atoms with Crippen molar-refractivity contribution >= 4 is 11.6 Å². The molecule has 21 heavy (non-hydrogen) atoms. The molecule has 0 saturated carbocycles. The Bertz CT molecular complexity index is 632. The second-order valence-electron chi connectivity index (χ2n) is 5.40. The third-order valence-corrected chi connectivity index (χ3v) is 3.74. The molecule has 0 fully saturated rings. The molecule has 110 valence electrons. The van der Waals surface area contributed by atoms with Gasteiger partial charge in [-0.25, -0.2) is 0 Å².